The second-order valence-corrected chi connectivity index (χ2v) is 7.55. The van der Waals surface area contributed by atoms with Crippen LogP contribution in [-0.2, 0) is 6.61 Å². The van der Waals surface area contributed by atoms with E-state index in [0.29, 0.717) is 29.5 Å². The van der Waals surface area contributed by atoms with Gasteiger partial charge in [-0.05, 0) is 88.6 Å². The average Bonchev–Trinajstić information content (AvgIpc) is 2.75. The summed E-state index contributed by atoms with van der Waals surface area (Å²) in [6.45, 7) is 2.92. The van der Waals surface area contributed by atoms with Crippen LogP contribution in [0.25, 0.3) is 0 Å². The molecule has 0 aliphatic heterocycles. The molecule has 7 heteroatoms. The van der Waals surface area contributed by atoms with Gasteiger partial charge in [0.1, 0.15) is 18.1 Å². The summed E-state index contributed by atoms with van der Waals surface area (Å²) in [6, 6.07) is 20.0. The molecule has 154 valence electrons. The van der Waals surface area contributed by atoms with Crippen molar-refractivity contribution in [2.24, 2.45) is 5.10 Å². The molecule has 1 amide bonds. The van der Waals surface area contributed by atoms with Crippen molar-refractivity contribution in [2.45, 2.75) is 13.5 Å². The van der Waals surface area contributed by atoms with Crippen molar-refractivity contribution in [1.29, 1.82) is 0 Å². The van der Waals surface area contributed by atoms with Crippen LogP contribution in [0.15, 0.2) is 76.3 Å². The summed E-state index contributed by atoms with van der Waals surface area (Å²) in [6.07, 6.45) is 1.57. The zero-order valence-corrected chi connectivity index (χ0v) is 18.6. The molecule has 30 heavy (non-hydrogen) atoms. The van der Waals surface area contributed by atoms with Gasteiger partial charge in [0.15, 0.2) is 0 Å². The Morgan fingerprint density at radius 2 is 1.80 bits per heavy atom. The largest absolute Gasteiger partial charge is 0.494 e. The molecule has 0 aliphatic rings. The highest BCUT2D eigenvalue weighted by molar-refractivity contribution is 9.10. The van der Waals surface area contributed by atoms with Crippen molar-refractivity contribution in [1.82, 2.24) is 5.43 Å². The van der Waals surface area contributed by atoms with Crippen LogP contribution < -0.4 is 14.9 Å². The van der Waals surface area contributed by atoms with E-state index in [0.717, 1.165) is 21.3 Å². The molecular formula is C23H20BrClN2O3. The van der Waals surface area contributed by atoms with Gasteiger partial charge in [-0.1, -0.05) is 23.7 Å². The predicted octanol–water partition coefficient (Wildman–Crippen LogP) is 5.84. The highest BCUT2D eigenvalue weighted by Gasteiger charge is 2.05. The first-order chi connectivity index (χ1) is 14.5. The monoisotopic (exact) mass is 486 g/mol. The molecule has 0 atom stereocenters. The summed E-state index contributed by atoms with van der Waals surface area (Å²) < 4.78 is 12.0. The third-order valence-electron chi connectivity index (χ3n) is 4.07. The summed E-state index contributed by atoms with van der Waals surface area (Å²) in [7, 11) is 0. The lowest BCUT2D eigenvalue weighted by Gasteiger charge is -2.09. The fourth-order valence-corrected chi connectivity index (χ4v) is 3.19. The lowest BCUT2D eigenvalue weighted by Crippen LogP contribution is -2.17. The van der Waals surface area contributed by atoms with Gasteiger partial charge in [0, 0.05) is 10.6 Å². The Hall–Kier alpha value is -2.83. The molecule has 0 saturated heterocycles. The zero-order valence-electron chi connectivity index (χ0n) is 16.3. The van der Waals surface area contributed by atoms with E-state index in [4.69, 9.17) is 21.1 Å². The number of nitrogens with zero attached hydrogens (tertiary/aromatic N) is 1. The number of carbonyl (C=O) groups is 1. The maximum Gasteiger partial charge on any atom is 0.271 e. The first-order valence-corrected chi connectivity index (χ1v) is 10.5. The SMILES string of the molecule is CCOc1ccc(C(=O)N/N=C/c2ccc(OCc3ccc(Cl)cc3)c(Br)c2)cc1. The number of amides is 1. The van der Waals surface area contributed by atoms with E-state index in [1.54, 1.807) is 30.5 Å². The van der Waals surface area contributed by atoms with Gasteiger partial charge in [0.2, 0.25) is 0 Å². The molecule has 0 unspecified atom stereocenters. The maximum absolute atomic E-state index is 12.2. The van der Waals surface area contributed by atoms with Crippen molar-refractivity contribution >= 4 is 39.7 Å². The molecule has 5 nitrogen and oxygen atoms in total. The summed E-state index contributed by atoms with van der Waals surface area (Å²) in [5, 5.41) is 4.71. The van der Waals surface area contributed by atoms with Crippen LogP contribution in [0, 0.1) is 0 Å². The van der Waals surface area contributed by atoms with E-state index in [9.17, 15) is 4.79 Å². The molecule has 0 heterocycles. The van der Waals surface area contributed by atoms with Crippen LogP contribution in [0.1, 0.15) is 28.4 Å². The van der Waals surface area contributed by atoms with Crippen LogP contribution in [0.2, 0.25) is 5.02 Å². The van der Waals surface area contributed by atoms with E-state index in [1.165, 1.54) is 0 Å². The minimum absolute atomic E-state index is 0.295. The summed E-state index contributed by atoms with van der Waals surface area (Å²) in [4.78, 5) is 12.2. The number of nitrogens with one attached hydrogen (secondary N) is 1. The van der Waals surface area contributed by atoms with Crippen molar-refractivity contribution in [3.05, 3.63) is 92.9 Å². The Balaban J connectivity index is 1.54. The molecular weight excluding hydrogens is 468 g/mol. The standard InChI is InChI=1S/C23H20BrClN2O3/c1-2-29-20-10-6-18(7-11-20)23(28)27-26-14-17-5-12-22(21(24)13-17)30-15-16-3-8-19(25)9-4-16/h3-14H,2,15H2,1H3,(H,27,28)/b26-14+. The van der Waals surface area contributed by atoms with E-state index in [2.05, 4.69) is 26.5 Å². The number of ether oxygens (including phenoxy) is 2. The summed E-state index contributed by atoms with van der Waals surface area (Å²) in [5.74, 6) is 1.14. The number of halogens is 2. The van der Waals surface area contributed by atoms with Crippen LogP contribution in [0.5, 0.6) is 11.5 Å². The Kier molecular flexibility index (Phi) is 7.88. The van der Waals surface area contributed by atoms with Gasteiger partial charge >= 0.3 is 0 Å². The molecule has 0 radical (unpaired) electrons. The average molecular weight is 488 g/mol. The molecule has 0 spiro atoms. The number of hydrazone groups is 1. The van der Waals surface area contributed by atoms with Crippen molar-refractivity contribution in [3.8, 4) is 11.5 Å². The van der Waals surface area contributed by atoms with E-state index >= 15 is 0 Å². The van der Waals surface area contributed by atoms with Gasteiger partial charge in [0.25, 0.3) is 5.91 Å². The van der Waals surface area contributed by atoms with Crippen molar-refractivity contribution in [2.75, 3.05) is 6.61 Å². The molecule has 0 aliphatic carbocycles. The van der Waals surface area contributed by atoms with Crippen LogP contribution >= 0.6 is 27.5 Å². The summed E-state index contributed by atoms with van der Waals surface area (Å²) >= 11 is 9.40. The molecule has 0 saturated carbocycles. The van der Waals surface area contributed by atoms with Gasteiger partial charge in [0.05, 0.1) is 17.3 Å². The molecule has 3 aromatic rings. The van der Waals surface area contributed by atoms with Crippen LogP contribution in [-0.4, -0.2) is 18.7 Å². The second-order valence-electron chi connectivity index (χ2n) is 6.26. The highest BCUT2D eigenvalue weighted by Crippen LogP contribution is 2.26. The first-order valence-electron chi connectivity index (χ1n) is 9.28. The van der Waals surface area contributed by atoms with Gasteiger partial charge < -0.3 is 9.47 Å². The Morgan fingerprint density at radius 3 is 2.47 bits per heavy atom. The molecule has 0 bridgehead atoms. The van der Waals surface area contributed by atoms with Gasteiger partial charge in [-0.3, -0.25) is 4.79 Å². The van der Waals surface area contributed by atoms with Gasteiger partial charge in [-0.2, -0.15) is 5.10 Å². The lowest BCUT2D eigenvalue weighted by atomic mass is 10.2. The smallest absolute Gasteiger partial charge is 0.271 e. The van der Waals surface area contributed by atoms with Gasteiger partial charge in [-0.15, -0.1) is 0 Å². The van der Waals surface area contributed by atoms with Gasteiger partial charge in [-0.25, -0.2) is 5.43 Å². The van der Waals surface area contributed by atoms with E-state index in [-0.39, 0.29) is 5.91 Å². The molecule has 1 N–H and O–H groups in total. The lowest BCUT2D eigenvalue weighted by molar-refractivity contribution is 0.0955. The zero-order chi connectivity index (χ0) is 21.3. The number of hydrogen-bond donors (Lipinski definition) is 1. The van der Waals surface area contributed by atoms with Crippen LogP contribution in [0.4, 0.5) is 0 Å². The minimum Gasteiger partial charge on any atom is -0.494 e. The first kappa shape index (κ1) is 21.9. The third kappa shape index (κ3) is 6.34. The number of benzene rings is 3. The number of carbonyl (C=O) groups excluding carboxylic acids is 1. The fraction of sp³-hybridized carbons (Fsp3) is 0.130. The van der Waals surface area contributed by atoms with Crippen molar-refractivity contribution < 1.29 is 14.3 Å². The van der Waals surface area contributed by atoms with E-state index in [1.807, 2.05) is 49.4 Å². The maximum atomic E-state index is 12.2. The van der Waals surface area contributed by atoms with Crippen LogP contribution in [0.3, 0.4) is 0 Å². The Bertz CT molecular complexity index is 1020. The number of rotatable bonds is 8. The Labute approximate surface area is 188 Å². The van der Waals surface area contributed by atoms with E-state index < -0.39 is 0 Å². The quantitative estimate of drug-likeness (QED) is 0.320. The molecule has 3 aromatic carbocycles. The number of hydrogen-bond acceptors (Lipinski definition) is 4. The fourth-order valence-electron chi connectivity index (χ4n) is 2.56. The van der Waals surface area contributed by atoms with Crippen molar-refractivity contribution in [3.63, 3.8) is 0 Å². The predicted molar refractivity (Wildman–Crippen MR) is 123 cm³/mol. The molecule has 0 fully saturated rings. The summed E-state index contributed by atoms with van der Waals surface area (Å²) in [5.41, 5.74) is 4.85. The molecule has 0 aromatic heterocycles. The third-order valence-corrected chi connectivity index (χ3v) is 4.94. The Morgan fingerprint density at radius 1 is 1.07 bits per heavy atom. The minimum atomic E-state index is -0.295. The second kappa shape index (κ2) is 10.8. The molecule has 3 rings (SSSR count). The topological polar surface area (TPSA) is 59.9 Å². The normalized spacial score (nSPS) is 10.8. The highest BCUT2D eigenvalue weighted by atomic mass is 79.9.